The zero-order chi connectivity index (χ0) is 82.5. The van der Waals surface area contributed by atoms with Gasteiger partial charge in [0.05, 0.1) is 294 Å². The summed E-state index contributed by atoms with van der Waals surface area (Å²) in [4.78, 5) is 15.2. The standard InChI is InChI=1S/C77H128N2O27S.C6H15N.CH4/c1-67-16-18-72-70(65-67)77(4,20-23-87-29-31-91-37-39-95-45-47-99-53-55-103-61-63-105-59-57-101-51-49-97-43-41-93-35-33-89-27-25-85-5)74(78(72)21-12-8-11-15-75(80)81)14-10-7-9-13-73-76(2,3)69-66-68(107(82,83)84)17-19-71(69)79(73)22-24-88-30-32-92-38-40-96-46-48-100-54-56-104-62-64-106-60-58-102-52-50-98-44-42-94-36-34-90-28-26-86-6;1-4-7(5-2)6-3;/h7,9-10,13-14,16-19,65-66H,8,11-12,15,20-64H2,1-6H3,(H-,80,81,82,83,84);4-6H2,1-3H3;1H4/p+1. The lowest BCUT2D eigenvalue weighted by atomic mass is 9.78. The Balaban J connectivity index is 0.00000534. The van der Waals surface area contributed by atoms with Crippen LogP contribution >= 0.6 is 0 Å². The SMILES string of the molecule is C.CC[NH+](CC)CC.COCCOCCOCCOCCOCCOCCOCCOCCOCCOCCOCC[N+]1=C(C=CC=CC=C2N(CCCCCC(=O)O)c3ccc(C)cc3C2(C)CCOCCOCCOCCOCCOCCOCCOCCOCCOCCOCCOC)C(C)(C)c2cc(S(=O)(=O)[O-])ccc21. The smallest absolute Gasteiger partial charge is 0.303 e. The number of benzene rings is 2. The van der Waals surface area contributed by atoms with Gasteiger partial charge in [-0.05, 0) is 97.6 Å². The second-order valence-electron chi connectivity index (χ2n) is 27.1. The highest BCUT2D eigenvalue weighted by Crippen LogP contribution is 2.50. The number of aryl methyl sites for hydroxylation is 1. The monoisotopic (exact) mass is 1660 g/mol. The van der Waals surface area contributed by atoms with Crippen LogP contribution in [0.3, 0.4) is 0 Å². The maximum atomic E-state index is 12.3. The Morgan fingerprint density at radius 1 is 0.452 bits per heavy atom. The Morgan fingerprint density at radius 2 is 0.800 bits per heavy atom. The molecule has 1 unspecified atom stereocenters. The molecule has 0 saturated carbocycles. The maximum absolute atomic E-state index is 12.3. The number of hydrogen-bond donors (Lipinski definition) is 2. The van der Waals surface area contributed by atoms with Crippen molar-refractivity contribution in [2.45, 2.75) is 104 Å². The van der Waals surface area contributed by atoms with E-state index in [0.717, 1.165) is 46.8 Å². The van der Waals surface area contributed by atoms with Gasteiger partial charge in [-0.3, -0.25) is 4.79 Å². The highest BCUT2D eigenvalue weighted by atomic mass is 32.2. The minimum atomic E-state index is -4.71. The number of carbonyl (C=O) groups is 1. The van der Waals surface area contributed by atoms with Gasteiger partial charge in [0.25, 0.3) is 0 Å². The van der Waals surface area contributed by atoms with Crippen molar-refractivity contribution in [3.8, 4) is 0 Å². The van der Waals surface area contributed by atoms with Crippen molar-refractivity contribution in [2.75, 3.05) is 329 Å². The zero-order valence-electron chi connectivity index (χ0n) is 70.5. The van der Waals surface area contributed by atoms with Crippen LogP contribution in [0.1, 0.15) is 97.8 Å². The summed E-state index contributed by atoms with van der Waals surface area (Å²) in [5.41, 5.74) is 5.85. The first-order valence-electron chi connectivity index (χ1n) is 40.9. The number of quaternary nitrogens is 1. The fraction of sp³-hybridized carbons (Fsp3) is 0.762. The predicted octanol–water partition coefficient (Wildman–Crippen LogP) is 7.28. The molecule has 2 aliphatic heterocycles. The van der Waals surface area contributed by atoms with E-state index in [1.165, 1.54) is 37.3 Å². The van der Waals surface area contributed by atoms with Gasteiger partial charge in [-0.1, -0.05) is 49.8 Å². The van der Waals surface area contributed by atoms with Gasteiger partial charge in [-0.25, -0.2) is 8.42 Å². The Bertz CT molecular complexity index is 2920. The van der Waals surface area contributed by atoms with Crippen LogP contribution in [0.5, 0.6) is 0 Å². The van der Waals surface area contributed by atoms with Gasteiger partial charge in [0, 0.05) is 68.3 Å². The number of carboxylic acids is 1. The largest absolute Gasteiger partial charge is 0.744 e. The fourth-order valence-electron chi connectivity index (χ4n) is 11.9. The van der Waals surface area contributed by atoms with E-state index in [0.29, 0.717) is 303 Å². The first-order chi connectivity index (χ1) is 55.6. The molecule has 4 rings (SSSR count). The number of rotatable bonds is 79. The Kier molecular flexibility index (Phi) is 66.2. The molecule has 0 amide bonds. The lowest BCUT2D eigenvalue weighted by Gasteiger charge is -2.30. The van der Waals surface area contributed by atoms with Crippen LogP contribution < -0.4 is 9.80 Å². The minimum Gasteiger partial charge on any atom is -0.744 e. The van der Waals surface area contributed by atoms with Crippen LogP contribution in [0, 0.1) is 6.92 Å². The third-order valence-corrected chi connectivity index (χ3v) is 19.1. The zero-order valence-corrected chi connectivity index (χ0v) is 71.3. The molecule has 2 N–H and O–H groups in total. The van der Waals surface area contributed by atoms with Crippen molar-refractivity contribution >= 4 is 33.2 Å². The molecule has 0 saturated heterocycles. The summed E-state index contributed by atoms with van der Waals surface area (Å²) in [6, 6.07) is 11.1. The lowest BCUT2D eigenvalue weighted by molar-refractivity contribution is -0.894. The summed E-state index contributed by atoms with van der Waals surface area (Å²) in [6.07, 6.45) is 13.1. The van der Waals surface area contributed by atoms with Crippen molar-refractivity contribution in [1.29, 1.82) is 0 Å². The summed E-state index contributed by atoms with van der Waals surface area (Å²) in [5.74, 6) is -0.798. The van der Waals surface area contributed by atoms with Gasteiger partial charge in [-0.15, -0.1) is 0 Å². The van der Waals surface area contributed by atoms with E-state index in [-0.39, 0.29) is 18.7 Å². The first kappa shape index (κ1) is 107. The van der Waals surface area contributed by atoms with Crippen LogP contribution in [0.2, 0.25) is 0 Å². The van der Waals surface area contributed by atoms with E-state index in [9.17, 15) is 22.9 Å². The molecule has 0 spiro atoms. The summed E-state index contributed by atoms with van der Waals surface area (Å²) in [7, 11) is -1.44. The Morgan fingerprint density at radius 3 is 1.13 bits per heavy atom. The minimum absolute atomic E-state index is 0. The van der Waals surface area contributed by atoms with Gasteiger partial charge in [-0.2, -0.15) is 4.58 Å². The highest BCUT2D eigenvalue weighted by Gasteiger charge is 2.45. The van der Waals surface area contributed by atoms with Crippen LogP contribution in [-0.2, 0) is 130 Å². The van der Waals surface area contributed by atoms with E-state index in [1.807, 2.05) is 38.2 Å². The Hall–Kier alpha value is -4.41. The van der Waals surface area contributed by atoms with Crippen molar-refractivity contribution in [3.63, 3.8) is 0 Å². The number of ether oxygens (including phenoxy) is 22. The molecule has 0 aromatic heterocycles. The topological polar surface area (TPSA) is 308 Å². The number of anilines is 1. The lowest BCUT2D eigenvalue weighted by Crippen LogP contribution is -3.11. The van der Waals surface area contributed by atoms with Crippen LogP contribution in [0.15, 0.2) is 77.4 Å². The van der Waals surface area contributed by atoms with E-state index in [2.05, 4.69) is 68.4 Å². The second-order valence-corrected chi connectivity index (χ2v) is 28.5. The molecule has 30 nitrogen and oxygen atoms in total. The number of carboxylic acid groups (broad SMARTS) is 1. The van der Waals surface area contributed by atoms with Gasteiger partial charge < -0.3 is 124 Å². The molecule has 31 heteroatoms. The van der Waals surface area contributed by atoms with Crippen LogP contribution in [-0.4, -0.2) is 359 Å². The number of nitrogens with one attached hydrogen (secondary N) is 1. The molecular formula is C84H148N3O27S+. The number of allylic oxidation sites excluding steroid dienone is 6. The van der Waals surface area contributed by atoms with Gasteiger partial charge in [0.2, 0.25) is 5.69 Å². The molecule has 2 aromatic carbocycles. The summed E-state index contributed by atoms with van der Waals surface area (Å²) in [5, 5.41) is 9.36. The molecule has 2 aliphatic rings. The summed E-state index contributed by atoms with van der Waals surface area (Å²) >= 11 is 0. The molecule has 0 bridgehead atoms. The van der Waals surface area contributed by atoms with E-state index < -0.39 is 26.9 Å². The first-order valence-corrected chi connectivity index (χ1v) is 42.3. The normalized spacial score (nSPS) is 15.0. The number of unbranched alkanes of at least 4 members (excludes halogenated alkanes) is 2. The second kappa shape index (κ2) is 71.3. The number of fused-ring (bicyclic) bond motifs is 2. The number of aliphatic carboxylic acids is 1. The predicted molar refractivity (Wildman–Crippen MR) is 440 cm³/mol. The van der Waals surface area contributed by atoms with Gasteiger partial charge in [0.15, 0.2) is 12.3 Å². The molecule has 0 aliphatic carbocycles. The molecule has 666 valence electrons. The third-order valence-electron chi connectivity index (χ3n) is 18.3. The van der Waals surface area contributed by atoms with Crippen molar-refractivity contribution in [2.24, 2.45) is 0 Å². The Labute approximate surface area is 688 Å². The quantitative estimate of drug-likeness (QED) is 0.0284. The fourth-order valence-corrected chi connectivity index (χ4v) is 12.4. The van der Waals surface area contributed by atoms with E-state index >= 15 is 0 Å². The molecule has 0 fully saturated rings. The number of hydrogen-bond acceptors (Lipinski definition) is 27. The highest BCUT2D eigenvalue weighted by molar-refractivity contribution is 7.85. The average molecular weight is 1660 g/mol. The van der Waals surface area contributed by atoms with Crippen molar-refractivity contribution in [1.82, 2.24) is 0 Å². The van der Waals surface area contributed by atoms with Crippen molar-refractivity contribution < 1.29 is 137 Å². The average Bonchev–Trinajstić information content (AvgIpc) is 1.59. The summed E-state index contributed by atoms with van der Waals surface area (Å²) in [6.45, 7) is 39.6. The number of methoxy groups -OCH3 is 2. The molecule has 1 atom stereocenters. The van der Waals surface area contributed by atoms with Crippen LogP contribution in [0.25, 0.3) is 0 Å². The number of nitrogens with zero attached hydrogens (tertiary/aromatic N) is 2. The van der Waals surface area contributed by atoms with E-state index in [4.69, 9.17) is 104 Å². The van der Waals surface area contributed by atoms with Crippen molar-refractivity contribution in [3.05, 3.63) is 89.2 Å². The molecule has 2 heterocycles. The molecule has 115 heavy (non-hydrogen) atoms. The van der Waals surface area contributed by atoms with E-state index in [1.54, 1.807) is 25.2 Å². The molecule has 2 aromatic rings. The molecular weight excluding hydrogens is 1510 g/mol. The van der Waals surface area contributed by atoms with Gasteiger partial charge in [0.1, 0.15) is 16.7 Å². The summed E-state index contributed by atoms with van der Waals surface area (Å²) < 4.78 is 161. The van der Waals surface area contributed by atoms with Gasteiger partial charge >= 0.3 is 5.97 Å². The molecule has 0 radical (unpaired) electrons. The van der Waals surface area contributed by atoms with Crippen LogP contribution in [0.4, 0.5) is 11.4 Å². The third kappa shape index (κ3) is 50.4. The maximum Gasteiger partial charge on any atom is 0.303 e.